The maximum absolute atomic E-state index is 13.2. The van der Waals surface area contributed by atoms with Crippen LogP contribution in [0.15, 0.2) is 42.5 Å². The average Bonchev–Trinajstić information content (AvgIpc) is 2.73. The molecule has 0 radical (unpaired) electrons. The highest BCUT2D eigenvalue weighted by Crippen LogP contribution is 2.20. The molecule has 29 heavy (non-hydrogen) atoms. The number of amides is 1. The molecular formula is C21H22ClFN2O4. The lowest BCUT2D eigenvalue weighted by atomic mass is 10.1. The molecule has 1 fully saturated rings. The van der Waals surface area contributed by atoms with Gasteiger partial charge in [0.25, 0.3) is 5.91 Å². The Balaban J connectivity index is 1.45. The summed E-state index contributed by atoms with van der Waals surface area (Å²) in [4.78, 5) is 28.1. The molecule has 0 saturated carbocycles. The van der Waals surface area contributed by atoms with Gasteiger partial charge in [0.05, 0.1) is 23.3 Å². The van der Waals surface area contributed by atoms with Crippen LogP contribution in [-0.2, 0) is 4.74 Å². The molecule has 3 rings (SSSR count). The Labute approximate surface area is 173 Å². The van der Waals surface area contributed by atoms with Crippen molar-refractivity contribution in [2.75, 3.05) is 46.4 Å². The number of benzene rings is 2. The summed E-state index contributed by atoms with van der Waals surface area (Å²) in [6.07, 6.45) is 0. The lowest BCUT2D eigenvalue weighted by Crippen LogP contribution is -2.49. The van der Waals surface area contributed by atoms with Crippen LogP contribution in [0.4, 0.5) is 4.39 Å². The van der Waals surface area contributed by atoms with Crippen LogP contribution in [0.3, 0.4) is 0 Å². The van der Waals surface area contributed by atoms with Crippen molar-refractivity contribution in [1.82, 2.24) is 9.80 Å². The molecule has 0 N–H and O–H groups in total. The molecule has 0 bridgehead atoms. The monoisotopic (exact) mass is 420 g/mol. The van der Waals surface area contributed by atoms with Crippen LogP contribution in [-0.4, -0.2) is 68.1 Å². The third-order valence-corrected chi connectivity index (χ3v) is 5.07. The van der Waals surface area contributed by atoms with Crippen molar-refractivity contribution < 1.29 is 23.5 Å². The van der Waals surface area contributed by atoms with Crippen LogP contribution in [0.25, 0.3) is 0 Å². The fraction of sp³-hybridized carbons (Fsp3) is 0.333. The van der Waals surface area contributed by atoms with E-state index in [1.807, 2.05) is 0 Å². The Bertz CT molecular complexity index is 885. The van der Waals surface area contributed by atoms with Gasteiger partial charge >= 0.3 is 5.97 Å². The highest BCUT2D eigenvalue weighted by molar-refractivity contribution is 6.33. The van der Waals surface area contributed by atoms with Crippen LogP contribution in [0.1, 0.15) is 20.7 Å². The SMILES string of the molecule is COC(=O)c1cccc(OCCN2CCN(C(=O)c3ccc(F)cc3Cl)CC2)c1. The third-order valence-electron chi connectivity index (χ3n) is 4.75. The standard InChI is InChI=1S/C21H22ClFN2O4/c1-28-21(27)15-3-2-4-17(13-15)29-12-11-24-7-9-25(10-8-24)20(26)18-6-5-16(23)14-19(18)22/h2-6,13-14H,7-12H2,1H3. The van der Waals surface area contributed by atoms with Crippen molar-refractivity contribution in [1.29, 1.82) is 0 Å². The number of esters is 1. The van der Waals surface area contributed by atoms with E-state index in [1.165, 1.54) is 19.2 Å². The van der Waals surface area contributed by atoms with Crippen molar-refractivity contribution >= 4 is 23.5 Å². The van der Waals surface area contributed by atoms with Gasteiger partial charge in [-0.1, -0.05) is 17.7 Å². The number of piperazine rings is 1. The first-order valence-corrected chi connectivity index (χ1v) is 9.63. The third kappa shape index (κ3) is 5.46. The Kier molecular flexibility index (Phi) is 7.06. The zero-order chi connectivity index (χ0) is 20.8. The van der Waals surface area contributed by atoms with Gasteiger partial charge in [-0.25, -0.2) is 9.18 Å². The van der Waals surface area contributed by atoms with E-state index >= 15 is 0 Å². The lowest BCUT2D eigenvalue weighted by molar-refractivity contribution is 0.0595. The van der Waals surface area contributed by atoms with Crippen molar-refractivity contribution in [2.45, 2.75) is 0 Å². The maximum Gasteiger partial charge on any atom is 0.337 e. The summed E-state index contributed by atoms with van der Waals surface area (Å²) in [5.41, 5.74) is 0.756. The van der Waals surface area contributed by atoms with Gasteiger partial charge in [-0.15, -0.1) is 0 Å². The Morgan fingerprint density at radius 1 is 1.10 bits per heavy atom. The number of rotatable bonds is 6. The van der Waals surface area contributed by atoms with E-state index in [0.29, 0.717) is 56.2 Å². The van der Waals surface area contributed by atoms with Crippen molar-refractivity contribution in [3.8, 4) is 5.75 Å². The van der Waals surface area contributed by atoms with Crippen LogP contribution in [0.2, 0.25) is 5.02 Å². The Hall–Kier alpha value is -2.64. The Morgan fingerprint density at radius 3 is 2.55 bits per heavy atom. The highest BCUT2D eigenvalue weighted by Gasteiger charge is 2.23. The van der Waals surface area contributed by atoms with Crippen LogP contribution < -0.4 is 4.74 Å². The molecule has 2 aromatic carbocycles. The van der Waals surface area contributed by atoms with Gasteiger partial charge in [0.2, 0.25) is 0 Å². The average molecular weight is 421 g/mol. The van der Waals surface area contributed by atoms with E-state index in [9.17, 15) is 14.0 Å². The van der Waals surface area contributed by atoms with E-state index in [0.717, 1.165) is 6.07 Å². The molecule has 2 aromatic rings. The quantitative estimate of drug-likeness (QED) is 0.672. The van der Waals surface area contributed by atoms with Gasteiger partial charge in [0.15, 0.2) is 0 Å². The summed E-state index contributed by atoms with van der Waals surface area (Å²) < 4.78 is 23.6. The molecule has 0 unspecified atom stereocenters. The zero-order valence-electron chi connectivity index (χ0n) is 16.1. The van der Waals surface area contributed by atoms with E-state index < -0.39 is 11.8 Å². The molecule has 0 aromatic heterocycles. The fourth-order valence-corrected chi connectivity index (χ4v) is 3.38. The van der Waals surface area contributed by atoms with Crippen LogP contribution in [0, 0.1) is 5.82 Å². The zero-order valence-corrected chi connectivity index (χ0v) is 16.8. The fourth-order valence-electron chi connectivity index (χ4n) is 3.13. The van der Waals surface area contributed by atoms with Crippen molar-refractivity contribution in [3.63, 3.8) is 0 Å². The summed E-state index contributed by atoms with van der Waals surface area (Å²) in [5.74, 6) is -0.454. The molecule has 1 aliphatic heterocycles. The van der Waals surface area contributed by atoms with Crippen molar-refractivity contribution in [2.24, 2.45) is 0 Å². The van der Waals surface area contributed by atoms with Gasteiger partial charge in [-0.3, -0.25) is 9.69 Å². The minimum Gasteiger partial charge on any atom is -0.492 e. The maximum atomic E-state index is 13.2. The van der Waals surface area contributed by atoms with Gasteiger partial charge in [-0.05, 0) is 36.4 Å². The number of carbonyl (C=O) groups is 2. The number of ether oxygens (including phenoxy) is 2. The topological polar surface area (TPSA) is 59.1 Å². The summed E-state index contributed by atoms with van der Waals surface area (Å²) in [5, 5.41) is 0.125. The summed E-state index contributed by atoms with van der Waals surface area (Å²) >= 11 is 6.00. The molecule has 1 saturated heterocycles. The first kappa shape index (κ1) is 21.1. The molecule has 0 spiro atoms. The smallest absolute Gasteiger partial charge is 0.337 e. The number of hydrogen-bond donors (Lipinski definition) is 0. The first-order chi connectivity index (χ1) is 14.0. The molecule has 1 aliphatic rings. The number of hydrogen-bond acceptors (Lipinski definition) is 5. The number of nitrogens with zero attached hydrogens (tertiary/aromatic N) is 2. The lowest BCUT2D eigenvalue weighted by Gasteiger charge is -2.34. The Morgan fingerprint density at radius 2 is 1.86 bits per heavy atom. The second-order valence-corrected chi connectivity index (χ2v) is 7.03. The van der Waals surface area contributed by atoms with Gasteiger partial charge in [-0.2, -0.15) is 0 Å². The van der Waals surface area contributed by atoms with Crippen LogP contribution >= 0.6 is 11.6 Å². The van der Waals surface area contributed by atoms with Crippen molar-refractivity contribution in [3.05, 3.63) is 64.4 Å². The molecule has 1 heterocycles. The van der Waals surface area contributed by atoms with E-state index in [1.54, 1.807) is 29.2 Å². The predicted octanol–water partition coefficient (Wildman–Crippen LogP) is 3.10. The van der Waals surface area contributed by atoms with E-state index in [4.69, 9.17) is 21.1 Å². The first-order valence-electron chi connectivity index (χ1n) is 9.26. The van der Waals surface area contributed by atoms with Gasteiger partial charge in [0.1, 0.15) is 18.2 Å². The van der Waals surface area contributed by atoms with Gasteiger partial charge < -0.3 is 14.4 Å². The molecular weight excluding hydrogens is 399 g/mol. The second-order valence-electron chi connectivity index (χ2n) is 6.63. The molecule has 8 heteroatoms. The molecule has 0 aliphatic carbocycles. The molecule has 6 nitrogen and oxygen atoms in total. The minimum atomic E-state index is -0.464. The minimum absolute atomic E-state index is 0.125. The van der Waals surface area contributed by atoms with E-state index in [-0.39, 0.29) is 10.9 Å². The summed E-state index contributed by atoms with van der Waals surface area (Å²) in [7, 11) is 1.34. The normalized spacial score (nSPS) is 14.5. The highest BCUT2D eigenvalue weighted by atomic mass is 35.5. The van der Waals surface area contributed by atoms with Crippen LogP contribution in [0.5, 0.6) is 5.75 Å². The summed E-state index contributed by atoms with van der Waals surface area (Å²) in [6, 6.07) is 10.7. The number of methoxy groups -OCH3 is 1. The number of halogens is 2. The molecule has 0 atom stereocenters. The second kappa shape index (κ2) is 9.71. The summed E-state index contributed by atoms with van der Waals surface area (Å²) in [6.45, 7) is 3.69. The largest absolute Gasteiger partial charge is 0.492 e. The predicted molar refractivity (Wildman–Crippen MR) is 107 cm³/mol. The number of carbonyl (C=O) groups excluding carboxylic acids is 2. The van der Waals surface area contributed by atoms with E-state index in [2.05, 4.69) is 4.90 Å². The molecule has 1 amide bonds. The molecule has 154 valence electrons. The van der Waals surface area contributed by atoms with Gasteiger partial charge in [0, 0.05) is 32.7 Å².